The Labute approximate surface area is 334 Å². The molecule has 328 valence electrons. The van der Waals surface area contributed by atoms with Crippen LogP contribution in [-0.4, -0.2) is 261 Å². The van der Waals surface area contributed by atoms with Crippen molar-refractivity contribution in [2.45, 2.75) is 20.8 Å². The number of amides is 7. The minimum atomic E-state index is -1.00. The molecule has 0 atom stereocenters. The lowest BCUT2D eigenvalue weighted by atomic mass is 10.4. The summed E-state index contributed by atoms with van der Waals surface area (Å²) in [5.74, 6) is -0.987. The van der Waals surface area contributed by atoms with Crippen LogP contribution in [0.4, 0.5) is 0 Å². The van der Waals surface area contributed by atoms with Gasteiger partial charge >= 0.3 is 5.97 Å². The largest absolute Gasteiger partial charge is 0.480 e. The van der Waals surface area contributed by atoms with Gasteiger partial charge in [0.25, 0.3) is 0 Å². The Bertz CT molecular complexity index is 1100. The third-order valence-corrected chi connectivity index (χ3v) is 6.39. The number of carboxylic acids is 1. The van der Waals surface area contributed by atoms with E-state index >= 15 is 0 Å². The maximum atomic E-state index is 11.4. The van der Waals surface area contributed by atoms with E-state index in [9.17, 15) is 47.9 Å². The molecule has 7 amide bonds. The Balaban J connectivity index is -0.000000137. The first-order valence-corrected chi connectivity index (χ1v) is 17.4. The van der Waals surface area contributed by atoms with Crippen LogP contribution in [0.1, 0.15) is 20.8 Å². The highest BCUT2D eigenvalue weighted by atomic mass is 16.4. The first-order chi connectivity index (χ1) is 26.0. The maximum absolute atomic E-state index is 11.4. The number of nitrogens with one attached hydrogen (secondary N) is 1. The van der Waals surface area contributed by atoms with Crippen molar-refractivity contribution in [2.75, 3.05) is 150 Å². The molecular weight excluding hydrogens is 736 g/mol. The van der Waals surface area contributed by atoms with Crippen molar-refractivity contribution >= 4 is 61.4 Å². The minimum Gasteiger partial charge on any atom is -0.480 e. The van der Waals surface area contributed by atoms with E-state index in [1.54, 1.807) is 57.0 Å². The predicted octanol–water partition coefficient (Wildman–Crippen LogP) is -3.10. The standard InChI is InChI=1S/C9H19N3O2.C7H14N2O2.C7H16N2O.C4H7NO3.C4H7NO2.C4H9NO/c1-5-11(3)9(14)7-12(4)8(13)6-10-2;1-4-9(3)7(11)5-8(2)6-10;1-5-9(4)7(10)6-8(2)3;1-5(3-6)2-4(7)8;1-5(4-7)2-3-6;1-5(2)3-4-6/h10H,5-7H2,1-4H3;6H,4-5H2,1-3H3;5-6H2,1-4H3;3H,2H2,1H3,(H,7,8);3-4H,2H2,1H3;4H,3H2,1-2H3. The van der Waals surface area contributed by atoms with E-state index in [-0.39, 0.29) is 56.4 Å². The summed E-state index contributed by atoms with van der Waals surface area (Å²) in [5, 5.41) is 10.8. The van der Waals surface area contributed by atoms with Crippen molar-refractivity contribution in [1.82, 2.24) is 49.4 Å². The van der Waals surface area contributed by atoms with E-state index in [1.165, 1.54) is 21.7 Å². The first kappa shape index (κ1) is 62.9. The quantitative estimate of drug-likeness (QED) is 0.116. The van der Waals surface area contributed by atoms with Crippen LogP contribution in [-0.2, 0) is 47.9 Å². The molecule has 0 aliphatic carbocycles. The SMILES string of the molecule is CCN(C)C(=O)CN(C)C.CCN(C)C(=O)CN(C)C(=O)CNC.CCN(C)C(=O)CN(C)C=O.CN(C)CC=O.CN(C=O)CC(=O)O.CN(C=O)CC=O. The van der Waals surface area contributed by atoms with E-state index < -0.39 is 5.97 Å². The van der Waals surface area contributed by atoms with Gasteiger partial charge in [0.1, 0.15) is 19.1 Å². The fourth-order valence-corrected chi connectivity index (χ4v) is 2.55. The average Bonchev–Trinajstić information content (AvgIpc) is 3.14. The molecule has 0 spiro atoms. The minimum absolute atomic E-state index is 0.0397. The molecule has 21 heteroatoms. The normalized spacial score (nSPS) is 9.09. The number of rotatable bonds is 20. The zero-order chi connectivity index (χ0) is 45.4. The van der Waals surface area contributed by atoms with Crippen LogP contribution in [0.25, 0.3) is 0 Å². The summed E-state index contributed by atoms with van der Waals surface area (Å²) < 4.78 is 0. The van der Waals surface area contributed by atoms with Gasteiger partial charge in [-0.3, -0.25) is 38.4 Å². The third kappa shape index (κ3) is 49.0. The van der Waals surface area contributed by atoms with Crippen molar-refractivity contribution in [1.29, 1.82) is 0 Å². The second kappa shape index (κ2) is 42.7. The summed E-state index contributed by atoms with van der Waals surface area (Å²) in [5.41, 5.74) is 0. The van der Waals surface area contributed by atoms with Crippen molar-refractivity contribution in [3.8, 4) is 0 Å². The molecule has 0 heterocycles. The predicted molar refractivity (Wildman–Crippen MR) is 214 cm³/mol. The van der Waals surface area contributed by atoms with Gasteiger partial charge in [-0.05, 0) is 56.0 Å². The summed E-state index contributed by atoms with van der Waals surface area (Å²) in [6.07, 6.45) is 3.26. The molecule has 0 radical (unpaired) electrons. The van der Waals surface area contributed by atoms with E-state index in [4.69, 9.17) is 5.11 Å². The summed E-state index contributed by atoms with van der Waals surface area (Å²) >= 11 is 0. The van der Waals surface area contributed by atoms with Crippen LogP contribution < -0.4 is 5.32 Å². The molecule has 0 saturated carbocycles. The number of carbonyl (C=O) groups excluding carboxylic acids is 9. The van der Waals surface area contributed by atoms with Gasteiger partial charge in [0.15, 0.2) is 0 Å². The summed E-state index contributed by atoms with van der Waals surface area (Å²) in [6, 6.07) is 0. The number of aliphatic carboxylic acids is 1. The van der Waals surface area contributed by atoms with Crippen LogP contribution in [0, 0.1) is 0 Å². The van der Waals surface area contributed by atoms with Crippen LogP contribution in [0.3, 0.4) is 0 Å². The second-order valence-corrected chi connectivity index (χ2v) is 12.3. The van der Waals surface area contributed by atoms with E-state index in [0.717, 1.165) is 17.7 Å². The van der Waals surface area contributed by atoms with Gasteiger partial charge in [-0.25, -0.2) is 0 Å². The van der Waals surface area contributed by atoms with Gasteiger partial charge in [-0.1, -0.05) is 0 Å². The molecule has 0 saturated heterocycles. The van der Waals surface area contributed by atoms with Gasteiger partial charge in [-0.15, -0.1) is 0 Å². The number of carbonyl (C=O) groups is 10. The summed E-state index contributed by atoms with van der Waals surface area (Å²) in [4.78, 5) is 117. The van der Waals surface area contributed by atoms with E-state index in [1.807, 2.05) is 65.8 Å². The fourth-order valence-electron chi connectivity index (χ4n) is 2.55. The van der Waals surface area contributed by atoms with Gasteiger partial charge in [-0.2, -0.15) is 0 Å². The van der Waals surface area contributed by atoms with Gasteiger partial charge in [0.05, 0.1) is 39.3 Å². The maximum Gasteiger partial charge on any atom is 0.323 e. The zero-order valence-corrected chi connectivity index (χ0v) is 36.5. The van der Waals surface area contributed by atoms with Crippen LogP contribution >= 0.6 is 0 Å². The number of hydrogen-bond donors (Lipinski definition) is 2. The van der Waals surface area contributed by atoms with Crippen molar-refractivity contribution in [3.63, 3.8) is 0 Å². The molecule has 0 bridgehead atoms. The molecule has 0 fully saturated rings. The lowest BCUT2D eigenvalue weighted by molar-refractivity contribution is -0.140. The summed E-state index contributed by atoms with van der Waals surface area (Å²) in [7, 11) is 20.6. The Morgan fingerprint density at radius 1 is 0.464 bits per heavy atom. The van der Waals surface area contributed by atoms with Gasteiger partial charge in [0, 0.05) is 69.0 Å². The van der Waals surface area contributed by atoms with Gasteiger partial charge < -0.3 is 64.1 Å². The number of likely N-dealkylation sites (N-methyl/N-ethyl adjacent to an activating group) is 10. The molecule has 56 heavy (non-hydrogen) atoms. The highest BCUT2D eigenvalue weighted by molar-refractivity contribution is 5.85. The lowest BCUT2D eigenvalue weighted by Crippen LogP contribution is -2.42. The van der Waals surface area contributed by atoms with Crippen molar-refractivity contribution in [2.24, 2.45) is 0 Å². The molecule has 0 aromatic carbocycles. The molecular formula is C35H72N10O11. The topological polar surface area (TPSA) is 232 Å². The zero-order valence-electron chi connectivity index (χ0n) is 36.5. The molecule has 0 aliphatic heterocycles. The number of carboxylic acid groups (broad SMARTS) is 1. The Morgan fingerprint density at radius 3 is 1.05 bits per heavy atom. The number of nitrogens with zero attached hydrogens (tertiary/aromatic N) is 9. The highest BCUT2D eigenvalue weighted by Crippen LogP contribution is 1.90. The van der Waals surface area contributed by atoms with Crippen LogP contribution in [0.5, 0.6) is 0 Å². The Morgan fingerprint density at radius 2 is 0.821 bits per heavy atom. The lowest BCUT2D eigenvalue weighted by Gasteiger charge is -2.20. The summed E-state index contributed by atoms with van der Waals surface area (Å²) in [6.45, 7) is 9.42. The van der Waals surface area contributed by atoms with Crippen molar-refractivity contribution < 1.29 is 53.1 Å². The molecule has 0 rings (SSSR count). The first-order valence-electron chi connectivity index (χ1n) is 17.4. The highest BCUT2D eigenvalue weighted by Gasteiger charge is 2.14. The number of hydrogen-bond acceptors (Lipinski definition) is 13. The van der Waals surface area contributed by atoms with Crippen LogP contribution in [0.2, 0.25) is 0 Å². The number of aldehydes is 2. The van der Waals surface area contributed by atoms with Crippen molar-refractivity contribution in [3.05, 3.63) is 0 Å². The van der Waals surface area contributed by atoms with E-state index in [2.05, 4.69) is 5.32 Å². The van der Waals surface area contributed by atoms with Crippen LogP contribution in [0.15, 0.2) is 0 Å². The molecule has 0 aliphatic rings. The van der Waals surface area contributed by atoms with Gasteiger partial charge in [0.2, 0.25) is 42.9 Å². The fraction of sp³-hybridized carbons (Fsp3) is 0.714. The molecule has 0 aromatic rings. The molecule has 21 nitrogen and oxygen atoms in total. The molecule has 0 aromatic heterocycles. The second-order valence-electron chi connectivity index (χ2n) is 12.3. The molecule has 0 unspecified atom stereocenters. The third-order valence-electron chi connectivity index (χ3n) is 6.39. The smallest absolute Gasteiger partial charge is 0.323 e. The monoisotopic (exact) mass is 809 g/mol. The average molecular weight is 809 g/mol. The molecule has 2 N–H and O–H groups in total. The van der Waals surface area contributed by atoms with E-state index in [0.29, 0.717) is 51.7 Å². The Kier molecular flexibility index (Phi) is 48.0. The Hall–Kier alpha value is -5.02.